The first-order chi connectivity index (χ1) is 9.62. The molecule has 120 valence electrons. The molecule has 2 nitrogen and oxygen atoms in total. The second-order valence-corrected chi connectivity index (χ2v) is 7.28. The van der Waals surface area contributed by atoms with Gasteiger partial charge in [-0.25, -0.2) is 0 Å². The summed E-state index contributed by atoms with van der Waals surface area (Å²) in [5, 5.41) is 1.44. The minimum absolute atomic E-state index is 0.500. The monoisotopic (exact) mass is 298 g/mol. The van der Waals surface area contributed by atoms with Crippen molar-refractivity contribution in [1.29, 1.82) is 0 Å². The fourth-order valence-electron chi connectivity index (χ4n) is 2.86. The van der Waals surface area contributed by atoms with Gasteiger partial charge in [0.15, 0.2) is 0 Å². The van der Waals surface area contributed by atoms with Crippen molar-refractivity contribution in [3.63, 3.8) is 0 Å². The summed E-state index contributed by atoms with van der Waals surface area (Å²) in [6.07, 6.45) is 8.15. The van der Waals surface area contributed by atoms with Crippen LogP contribution in [-0.4, -0.2) is 52.4 Å². The normalized spacial score (nSPS) is 11.9. The Morgan fingerprint density at radius 2 is 1.20 bits per heavy atom. The van der Waals surface area contributed by atoms with Crippen molar-refractivity contribution >= 4 is 10.2 Å². The Balaban J connectivity index is 4.92. The van der Waals surface area contributed by atoms with Crippen LogP contribution in [0.3, 0.4) is 0 Å². The van der Waals surface area contributed by atoms with Gasteiger partial charge in [0, 0.05) is 10.2 Å². The lowest BCUT2D eigenvalue weighted by Gasteiger charge is -2.40. The molecule has 0 bridgehead atoms. The molecular formula is C17H38N2Si. The predicted octanol–water partition coefficient (Wildman–Crippen LogP) is 3.22. The molecule has 0 aliphatic rings. The maximum atomic E-state index is 4.36. The molecule has 0 radical (unpaired) electrons. The van der Waals surface area contributed by atoms with Crippen LogP contribution >= 0.6 is 0 Å². The van der Waals surface area contributed by atoms with Crippen molar-refractivity contribution in [2.45, 2.75) is 72.4 Å². The van der Waals surface area contributed by atoms with E-state index in [1.807, 2.05) is 0 Å². The molecule has 0 saturated heterocycles. The highest BCUT2D eigenvalue weighted by Crippen LogP contribution is 2.16. The third-order valence-electron chi connectivity index (χ3n) is 3.75. The Morgan fingerprint density at radius 1 is 0.800 bits per heavy atom. The molecule has 0 rings (SSSR count). The largest absolute Gasteiger partial charge is 0.285 e. The van der Waals surface area contributed by atoms with Crippen molar-refractivity contribution in [2.24, 2.45) is 0 Å². The SMILES string of the molecule is C=C([SiH3])C(N(CCC)CCCC)N(CCC)CCCC. The molecule has 0 aromatic carbocycles. The molecule has 3 heteroatoms. The third-order valence-corrected chi connectivity index (χ3v) is 4.27. The molecule has 0 unspecified atom stereocenters. The van der Waals surface area contributed by atoms with E-state index < -0.39 is 0 Å². The van der Waals surface area contributed by atoms with Crippen LogP contribution in [0.25, 0.3) is 0 Å². The molecule has 0 amide bonds. The molecule has 0 atom stereocenters. The smallest absolute Gasteiger partial charge is 0.0796 e. The van der Waals surface area contributed by atoms with Crippen LogP contribution in [0.2, 0.25) is 0 Å². The summed E-state index contributed by atoms with van der Waals surface area (Å²) in [4.78, 5) is 5.37. The second kappa shape index (κ2) is 12.6. The summed E-state index contributed by atoms with van der Waals surface area (Å²) in [7, 11) is 1.10. The van der Waals surface area contributed by atoms with E-state index in [0.29, 0.717) is 6.17 Å². The van der Waals surface area contributed by atoms with Gasteiger partial charge in [-0.2, -0.15) is 0 Å². The van der Waals surface area contributed by atoms with Crippen molar-refractivity contribution in [1.82, 2.24) is 9.80 Å². The minimum Gasteiger partial charge on any atom is -0.285 e. The molecule has 0 aromatic heterocycles. The van der Waals surface area contributed by atoms with Crippen LogP contribution in [0.4, 0.5) is 0 Å². The summed E-state index contributed by atoms with van der Waals surface area (Å²) in [5.74, 6) is 0. The lowest BCUT2D eigenvalue weighted by molar-refractivity contribution is 0.0693. The van der Waals surface area contributed by atoms with Gasteiger partial charge in [-0.1, -0.05) is 45.7 Å². The zero-order chi connectivity index (χ0) is 15.4. The van der Waals surface area contributed by atoms with E-state index in [4.69, 9.17) is 0 Å². The van der Waals surface area contributed by atoms with Crippen LogP contribution in [0.1, 0.15) is 66.2 Å². The lowest BCUT2D eigenvalue weighted by atomic mass is 10.2. The maximum absolute atomic E-state index is 4.36. The van der Waals surface area contributed by atoms with Gasteiger partial charge in [-0.05, 0) is 51.9 Å². The Hall–Kier alpha value is -0.123. The van der Waals surface area contributed by atoms with E-state index in [9.17, 15) is 0 Å². The third kappa shape index (κ3) is 7.60. The van der Waals surface area contributed by atoms with Gasteiger partial charge in [0.05, 0.1) is 6.17 Å². The van der Waals surface area contributed by atoms with E-state index in [1.165, 1.54) is 69.9 Å². The fourth-order valence-corrected chi connectivity index (χ4v) is 3.59. The van der Waals surface area contributed by atoms with Gasteiger partial charge in [-0.3, -0.25) is 9.80 Å². The minimum atomic E-state index is 0.500. The average Bonchev–Trinajstić information content (AvgIpc) is 2.42. The number of nitrogens with zero attached hydrogens (tertiary/aromatic N) is 2. The highest BCUT2D eigenvalue weighted by molar-refractivity contribution is 6.21. The zero-order valence-corrected chi connectivity index (χ0v) is 16.7. The first kappa shape index (κ1) is 19.9. The van der Waals surface area contributed by atoms with E-state index in [1.54, 1.807) is 0 Å². The van der Waals surface area contributed by atoms with Crippen LogP contribution in [0, 0.1) is 0 Å². The summed E-state index contributed by atoms with van der Waals surface area (Å²) >= 11 is 0. The van der Waals surface area contributed by atoms with Crippen molar-refractivity contribution < 1.29 is 0 Å². The first-order valence-electron chi connectivity index (χ1n) is 8.75. The molecule has 0 saturated carbocycles. The molecule has 20 heavy (non-hydrogen) atoms. The summed E-state index contributed by atoms with van der Waals surface area (Å²) in [6.45, 7) is 18.4. The van der Waals surface area contributed by atoms with Crippen molar-refractivity contribution in [2.75, 3.05) is 26.2 Å². The van der Waals surface area contributed by atoms with Gasteiger partial charge >= 0.3 is 0 Å². The molecule has 0 aliphatic heterocycles. The number of hydrogen-bond acceptors (Lipinski definition) is 2. The molecular weight excluding hydrogens is 260 g/mol. The Labute approximate surface area is 131 Å². The highest BCUT2D eigenvalue weighted by Gasteiger charge is 2.24. The number of hydrogen-bond donors (Lipinski definition) is 0. The maximum Gasteiger partial charge on any atom is 0.0796 e. The number of rotatable bonds is 13. The molecule has 0 fully saturated rings. The lowest BCUT2D eigenvalue weighted by Crippen LogP contribution is -2.50. The quantitative estimate of drug-likeness (QED) is 0.380. The standard InChI is InChI=1S/C17H38N2Si/c1-6-10-14-18(12-8-3)17(16(5)20)19(13-9-4)15-11-7-2/h17H,5-15H2,1-4,20H3. The van der Waals surface area contributed by atoms with Crippen LogP contribution in [-0.2, 0) is 0 Å². The summed E-state index contributed by atoms with van der Waals surface area (Å²) < 4.78 is 0. The molecule has 0 aromatic rings. The van der Waals surface area contributed by atoms with E-state index in [-0.39, 0.29) is 0 Å². The van der Waals surface area contributed by atoms with Gasteiger partial charge in [0.1, 0.15) is 0 Å². The fraction of sp³-hybridized carbons (Fsp3) is 0.882. The topological polar surface area (TPSA) is 6.48 Å². The van der Waals surface area contributed by atoms with Crippen molar-refractivity contribution in [3.05, 3.63) is 11.8 Å². The molecule has 0 spiro atoms. The van der Waals surface area contributed by atoms with Crippen LogP contribution < -0.4 is 0 Å². The highest BCUT2D eigenvalue weighted by atomic mass is 28.1. The van der Waals surface area contributed by atoms with Crippen molar-refractivity contribution in [3.8, 4) is 0 Å². The van der Waals surface area contributed by atoms with E-state index >= 15 is 0 Å². The van der Waals surface area contributed by atoms with E-state index in [0.717, 1.165) is 10.2 Å². The Bertz CT molecular complexity index is 225. The Kier molecular flexibility index (Phi) is 12.5. The second-order valence-electron chi connectivity index (χ2n) is 6.00. The van der Waals surface area contributed by atoms with Crippen LogP contribution in [0.5, 0.6) is 0 Å². The molecule has 0 heterocycles. The van der Waals surface area contributed by atoms with Gasteiger partial charge in [-0.15, -0.1) is 6.58 Å². The Morgan fingerprint density at radius 3 is 1.45 bits per heavy atom. The van der Waals surface area contributed by atoms with Gasteiger partial charge in [0.25, 0.3) is 0 Å². The number of unbranched alkanes of at least 4 members (excludes halogenated alkanes) is 2. The first-order valence-corrected chi connectivity index (χ1v) is 9.75. The summed E-state index contributed by atoms with van der Waals surface area (Å²) in [6, 6.07) is 0. The van der Waals surface area contributed by atoms with E-state index in [2.05, 4.69) is 44.1 Å². The molecule has 0 aliphatic carbocycles. The molecule has 0 N–H and O–H groups in total. The average molecular weight is 299 g/mol. The van der Waals surface area contributed by atoms with Gasteiger partial charge < -0.3 is 0 Å². The summed E-state index contributed by atoms with van der Waals surface area (Å²) in [5.41, 5.74) is 0. The van der Waals surface area contributed by atoms with Crippen LogP contribution in [0.15, 0.2) is 11.8 Å². The predicted molar refractivity (Wildman–Crippen MR) is 96.4 cm³/mol. The van der Waals surface area contributed by atoms with Gasteiger partial charge in [0.2, 0.25) is 0 Å². The zero-order valence-electron chi connectivity index (χ0n) is 14.7.